The molecule has 1 aliphatic carbocycles. The van der Waals surface area contributed by atoms with Crippen molar-refractivity contribution < 1.29 is 14.0 Å². The van der Waals surface area contributed by atoms with Gasteiger partial charge < -0.3 is 19.5 Å². The Hall–Kier alpha value is -2.20. The predicted molar refractivity (Wildman–Crippen MR) is 113 cm³/mol. The molecule has 0 unspecified atom stereocenters. The average Bonchev–Trinajstić information content (AvgIpc) is 2.96. The molecular weight excluding hydrogens is 390 g/mol. The number of hydrogen-bond acceptors (Lipinski definition) is 7. The zero-order valence-corrected chi connectivity index (χ0v) is 19.0. The number of esters is 1. The van der Waals surface area contributed by atoms with Crippen molar-refractivity contribution in [2.24, 2.45) is 11.8 Å². The van der Waals surface area contributed by atoms with Gasteiger partial charge in [-0.3, -0.25) is 14.6 Å². The fourth-order valence-corrected chi connectivity index (χ4v) is 4.51. The van der Waals surface area contributed by atoms with E-state index in [9.17, 15) is 9.59 Å². The first-order valence-electron chi connectivity index (χ1n) is 9.90. The van der Waals surface area contributed by atoms with Gasteiger partial charge in [0.1, 0.15) is 0 Å². The number of carbonyl (C=O) groups is 1. The van der Waals surface area contributed by atoms with E-state index in [2.05, 4.69) is 48.8 Å². The van der Waals surface area contributed by atoms with Gasteiger partial charge in [-0.25, -0.2) is 4.98 Å². The van der Waals surface area contributed by atoms with Crippen LogP contribution < -0.4 is 11.3 Å². The number of nitrogens with one attached hydrogen (secondary N) is 1. The highest BCUT2D eigenvalue weighted by atomic mass is 28.4. The number of nitrogen functional groups attached to an aromatic ring is 1. The summed E-state index contributed by atoms with van der Waals surface area (Å²) in [6, 6.07) is 0.0547. The van der Waals surface area contributed by atoms with Gasteiger partial charge in [-0.15, -0.1) is 0 Å². The second-order valence-corrected chi connectivity index (χ2v) is 14.2. The molecule has 2 aromatic heterocycles. The lowest BCUT2D eigenvalue weighted by Gasteiger charge is -2.47. The van der Waals surface area contributed by atoms with Crippen molar-refractivity contribution in [1.82, 2.24) is 19.5 Å². The molecule has 0 spiro atoms. The Morgan fingerprint density at radius 2 is 2.07 bits per heavy atom. The number of carbonyl (C=O) groups excluding carboxylic acids is 1. The summed E-state index contributed by atoms with van der Waals surface area (Å²) in [6.07, 6.45) is 2.43. The number of imidazole rings is 1. The minimum atomic E-state index is -1.93. The van der Waals surface area contributed by atoms with E-state index >= 15 is 0 Å². The van der Waals surface area contributed by atoms with Crippen LogP contribution in [0.2, 0.25) is 18.1 Å². The Morgan fingerprint density at radius 3 is 2.69 bits per heavy atom. The topological polar surface area (TPSA) is 125 Å². The van der Waals surface area contributed by atoms with Crippen LogP contribution >= 0.6 is 0 Å². The highest BCUT2D eigenvalue weighted by Crippen LogP contribution is 2.47. The zero-order chi connectivity index (χ0) is 21.6. The molecule has 2 heterocycles. The minimum Gasteiger partial charge on any atom is -0.466 e. The standard InChI is InChI=1S/C19H31N5O4Si/c1-11(25)27-8-12-7-14(13(12)9-28-29(5,6)19(2,3)4)24-10-21-15-16(24)22-18(20)23-17(15)26/h10,12-14H,7-9H2,1-6H3,(H3,20,22,23,26)/t12-,13-,14-/m1/s1. The number of anilines is 1. The average molecular weight is 422 g/mol. The van der Waals surface area contributed by atoms with Gasteiger partial charge in [-0.2, -0.15) is 4.98 Å². The largest absolute Gasteiger partial charge is 0.466 e. The monoisotopic (exact) mass is 421 g/mol. The third-order valence-corrected chi connectivity index (χ3v) is 10.9. The first kappa shape index (κ1) is 21.5. The predicted octanol–water partition coefficient (Wildman–Crippen LogP) is 2.46. The van der Waals surface area contributed by atoms with Gasteiger partial charge in [0.25, 0.3) is 5.56 Å². The summed E-state index contributed by atoms with van der Waals surface area (Å²) in [5.41, 5.74) is 6.13. The Kier molecular flexibility index (Phi) is 5.61. The molecule has 1 fully saturated rings. The summed E-state index contributed by atoms with van der Waals surface area (Å²) < 4.78 is 13.7. The van der Waals surface area contributed by atoms with Crippen LogP contribution in [0.1, 0.15) is 40.2 Å². The van der Waals surface area contributed by atoms with Crippen LogP contribution in [0.5, 0.6) is 0 Å². The van der Waals surface area contributed by atoms with Crippen molar-refractivity contribution in [3.8, 4) is 0 Å². The number of aromatic nitrogens is 4. The van der Waals surface area contributed by atoms with Gasteiger partial charge in [0, 0.05) is 31.4 Å². The number of aromatic amines is 1. The summed E-state index contributed by atoms with van der Waals surface area (Å²) in [4.78, 5) is 34.4. The van der Waals surface area contributed by atoms with Crippen LogP contribution in [0.3, 0.4) is 0 Å². The lowest BCUT2D eigenvalue weighted by Crippen LogP contribution is -2.48. The Labute approximate surface area is 171 Å². The van der Waals surface area contributed by atoms with Crippen LogP contribution in [-0.2, 0) is 14.0 Å². The lowest BCUT2D eigenvalue weighted by molar-refractivity contribution is -0.145. The molecule has 0 radical (unpaired) electrons. The van der Waals surface area contributed by atoms with Crippen molar-refractivity contribution in [3.63, 3.8) is 0 Å². The molecule has 0 aliphatic heterocycles. The molecule has 1 saturated carbocycles. The fourth-order valence-electron chi connectivity index (χ4n) is 3.47. The molecule has 1 aliphatic rings. The van der Waals surface area contributed by atoms with Gasteiger partial charge in [0.05, 0.1) is 12.9 Å². The molecule has 0 amide bonds. The summed E-state index contributed by atoms with van der Waals surface area (Å²) in [6.45, 7) is 13.4. The van der Waals surface area contributed by atoms with Gasteiger partial charge in [0.15, 0.2) is 19.5 Å². The quantitative estimate of drug-likeness (QED) is 0.542. The fraction of sp³-hybridized carbons (Fsp3) is 0.684. The summed E-state index contributed by atoms with van der Waals surface area (Å²) in [5, 5.41) is 0.0998. The number of ether oxygens (including phenoxy) is 1. The Balaban J connectivity index is 1.86. The normalized spacial score (nSPS) is 22.5. The number of nitrogens with two attached hydrogens (primary N) is 1. The van der Waals surface area contributed by atoms with E-state index in [1.807, 2.05) is 4.57 Å². The number of hydrogen-bond donors (Lipinski definition) is 2. The maximum absolute atomic E-state index is 12.1. The number of nitrogens with zero attached hydrogens (tertiary/aromatic N) is 3. The third-order valence-electron chi connectivity index (χ3n) is 6.40. The third kappa shape index (κ3) is 4.23. The highest BCUT2D eigenvalue weighted by Gasteiger charge is 2.46. The van der Waals surface area contributed by atoms with Crippen LogP contribution in [-0.4, -0.2) is 47.0 Å². The molecule has 2 aromatic rings. The van der Waals surface area contributed by atoms with Crippen LogP contribution in [0, 0.1) is 11.8 Å². The molecule has 0 bridgehead atoms. The van der Waals surface area contributed by atoms with Gasteiger partial charge >= 0.3 is 5.97 Å². The molecule has 9 nitrogen and oxygen atoms in total. The van der Waals surface area contributed by atoms with Crippen molar-refractivity contribution in [1.29, 1.82) is 0 Å². The second-order valence-electron chi connectivity index (χ2n) is 9.38. The van der Waals surface area contributed by atoms with Crippen LogP contribution in [0.15, 0.2) is 11.1 Å². The van der Waals surface area contributed by atoms with Crippen molar-refractivity contribution in [2.45, 2.75) is 58.3 Å². The molecule has 3 N–H and O–H groups in total. The van der Waals surface area contributed by atoms with Gasteiger partial charge in [-0.05, 0) is 24.6 Å². The first-order valence-corrected chi connectivity index (χ1v) is 12.8. The van der Waals surface area contributed by atoms with E-state index in [-0.39, 0.29) is 45.9 Å². The van der Waals surface area contributed by atoms with Gasteiger partial charge in [-0.1, -0.05) is 20.8 Å². The Bertz CT molecular complexity index is 962. The van der Waals surface area contributed by atoms with Crippen molar-refractivity contribution in [2.75, 3.05) is 18.9 Å². The van der Waals surface area contributed by atoms with E-state index in [0.29, 0.717) is 18.9 Å². The van der Waals surface area contributed by atoms with Crippen molar-refractivity contribution >= 4 is 31.4 Å². The minimum absolute atomic E-state index is 0.0547. The lowest BCUT2D eigenvalue weighted by atomic mass is 9.70. The highest BCUT2D eigenvalue weighted by molar-refractivity contribution is 6.74. The van der Waals surface area contributed by atoms with E-state index < -0.39 is 8.32 Å². The van der Waals surface area contributed by atoms with Crippen LogP contribution in [0.4, 0.5) is 5.95 Å². The number of rotatable bonds is 6. The van der Waals surface area contributed by atoms with E-state index in [0.717, 1.165) is 6.42 Å². The summed E-state index contributed by atoms with van der Waals surface area (Å²) in [7, 11) is -1.93. The van der Waals surface area contributed by atoms with E-state index in [4.69, 9.17) is 14.9 Å². The molecule has 0 aromatic carbocycles. The molecule has 3 rings (SSSR count). The first-order chi connectivity index (χ1) is 13.4. The van der Waals surface area contributed by atoms with E-state index in [1.165, 1.54) is 6.92 Å². The van der Waals surface area contributed by atoms with Crippen molar-refractivity contribution in [3.05, 3.63) is 16.7 Å². The van der Waals surface area contributed by atoms with Gasteiger partial charge in [0.2, 0.25) is 5.95 Å². The maximum Gasteiger partial charge on any atom is 0.302 e. The number of fused-ring (bicyclic) bond motifs is 1. The Morgan fingerprint density at radius 1 is 1.38 bits per heavy atom. The van der Waals surface area contributed by atoms with Crippen LogP contribution in [0.25, 0.3) is 11.2 Å². The molecular formula is C19H31N5O4Si. The van der Waals surface area contributed by atoms with E-state index in [1.54, 1.807) is 6.33 Å². The second kappa shape index (κ2) is 7.56. The molecule has 0 saturated heterocycles. The SMILES string of the molecule is CC(=O)OC[C@H]1C[C@@H](n2cnc3c(=O)[nH]c(N)nc32)[C@@H]1CO[Si](C)(C)C(C)(C)C. The molecule has 29 heavy (non-hydrogen) atoms. The summed E-state index contributed by atoms with van der Waals surface area (Å²) >= 11 is 0. The molecule has 10 heteroatoms. The number of H-pyrrole nitrogens is 1. The zero-order valence-electron chi connectivity index (χ0n) is 18.0. The molecule has 160 valence electrons. The smallest absolute Gasteiger partial charge is 0.302 e. The molecule has 3 atom stereocenters. The maximum atomic E-state index is 12.1. The summed E-state index contributed by atoms with van der Waals surface area (Å²) in [5.74, 6) is 0.0920.